The number of nitro groups is 1. The first-order valence-electron chi connectivity index (χ1n) is 4.81. The van der Waals surface area contributed by atoms with Crippen molar-refractivity contribution in [2.24, 2.45) is 0 Å². The van der Waals surface area contributed by atoms with Gasteiger partial charge in [0.15, 0.2) is 0 Å². The Morgan fingerprint density at radius 2 is 2.18 bits per heavy atom. The van der Waals surface area contributed by atoms with Crippen LogP contribution in [0, 0.1) is 10.1 Å². The van der Waals surface area contributed by atoms with Crippen LogP contribution in [-0.2, 0) is 6.54 Å². The minimum atomic E-state index is -0.446. The Bertz CT molecular complexity index is 590. The van der Waals surface area contributed by atoms with Gasteiger partial charge in [0.05, 0.1) is 11.5 Å². The molecule has 0 aliphatic carbocycles. The fourth-order valence-corrected chi connectivity index (χ4v) is 1.95. The Morgan fingerprint density at radius 1 is 1.41 bits per heavy atom. The van der Waals surface area contributed by atoms with E-state index in [1.165, 1.54) is 6.07 Å². The molecule has 88 valence electrons. The van der Waals surface area contributed by atoms with Crippen LogP contribution in [0.5, 0.6) is 0 Å². The van der Waals surface area contributed by atoms with E-state index in [1.54, 1.807) is 23.6 Å². The number of nitrogens with one attached hydrogen (secondary N) is 2. The minimum absolute atomic E-state index is 0.0186. The van der Waals surface area contributed by atoms with Crippen LogP contribution < -0.4 is 10.2 Å². The SMILES string of the molecule is O=c1[nH]c(CNc2ccccc2[N+](=O)[O-])cs1. The number of aromatic amines is 1. The van der Waals surface area contributed by atoms with Gasteiger partial charge < -0.3 is 10.3 Å². The molecule has 0 bridgehead atoms. The first-order chi connectivity index (χ1) is 8.16. The highest BCUT2D eigenvalue weighted by atomic mass is 32.1. The predicted molar refractivity (Wildman–Crippen MR) is 65.4 cm³/mol. The van der Waals surface area contributed by atoms with Crippen molar-refractivity contribution in [1.29, 1.82) is 0 Å². The summed E-state index contributed by atoms with van der Waals surface area (Å²) in [6.07, 6.45) is 0. The van der Waals surface area contributed by atoms with E-state index < -0.39 is 4.92 Å². The van der Waals surface area contributed by atoms with Crippen molar-refractivity contribution in [3.05, 3.63) is 55.1 Å². The monoisotopic (exact) mass is 251 g/mol. The Morgan fingerprint density at radius 3 is 2.82 bits per heavy atom. The summed E-state index contributed by atoms with van der Waals surface area (Å²) >= 11 is 1.07. The molecule has 1 aromatic heterocycles. The normalized spacial score (nSPS) is 10.1. The number of rotatable bonds is 4. The van der Waals surface area contributed by atoms with Crippen LogP contribution in [0.2, 0.25) is 0 Å². The summed E-state index contributed by atoms with van der Waals surface area (Å²) in [5.74, 6) is 0. The Hall–Kier alpha value is -2.15. The summed E-state index contributed by atoms with van der Waals surface area (Å²) in [6.45, 7) is 0.351. The lowest BCUT2D eigenvalue weighted by Crippen LogP contribution is -2.04. The van der Waals surface area contributed by atoms with E-state index >= 15 is 0 Å². The molecule has 0 amide bonds. The average molecular weight is 251 g/mol. The summed E-state index contributed by atoms with van der Waals surface area (Å²) in [5.41, 5.74) is 1.16. The molecule has 0 fully saturated rings. The number of benzene rings is 1. The zero-order valence-electron chi connectivity index (χ0n) is 8.67. The molecule has 0 unspecified atom stereocenters. The first kappa shape index (κ1) is 11.3. The second-order valence-corrected chi connectivity index (χ2v) is 4.14. The van der Waals surface area contributed by atoms with Crippen LogP contribution in [0.4, 0.5) is 11.4 Å². The van der Waals surface area contributed by atoms with Crippen LogP contribution in [-0.4, -0.2) is 9.91 Å². The van der Waals surface area contributed by atoms with Crippen LogP contribution in [0.15, 0.2) is 34.4 Å². The molecule has 2 N–H and O–H groups in total. The van der Waals surface area contributed by atoms with Crippen molar-refractivity contribution in [3.8, 4) is 0 Å². The van der Waals surface area contributed by atoms with Crippen LogP contribution in [0.25, 0.3) is 0 Å². The van der Waals surface area contributed by atoms with Gasteiger partial charge in [-0.3, -0.25) is 14.9 Å². The molecule has 7 heteroatoms. The van der Waals surface area contributed by atoms with Crippen molar-refractivity contribution >= 4 is 22.7 Å². The lowest BCUT2D eigenvalue weighted by Gasteiger charge is -2.04. The molecular weight excluding hydrogens is 242 g/mol. The quantitative estimate of drug-likeness (QED) is 0.642. The van der Waals surface area contributed by atoms with Crippen LogP contribution >= 0.6 is 11.3 Å². The van der Waals surface area contributed by atoms with E-state index in [1.807, 2.05) is 0 Å². The third-order valence-corrected chi connectivity index (χ3v) is 2.86. The zero-order valence-corrected chi connectivity index (χ0v) is 9.49. The van der Waals surface area contributed by atoms with Crippen LogP contribution in [0.1, 0.15) is 5.69 Å². The Kier molecular flexibility index (Phi) is 3.20. The number of hydrogen-bond acceptors (Lipinski definition) is 5. The molecule has 0 saturated carbocycles. The molecule has 1 heterocycles. The van der Waals surface area contributed by atoms with Gasteiger partial charge >= 0.3 is 4.87 Å². The van der Waals surface area contributed by atoms with E-state index in [2.05, 4.69) is 10.3 Å². The van der Waals surface area contributed by atoms with Gasteiger partial charge in [-0.25, -0.2) is 0 Å². The van der Waals surface area contributed by atoms with E-state index in [0.29, 0.717) is 17.9 Å². The smallest absolute Gasteiger partial charge is 0.304 e. The molecule has 17 heavy (non-hydrogen) atoms. The summed E-state index contributed by atoms with van der Waals surface area (Å²) < 4.78 is 0. The van der Waals surface area contributed by atoms with Gasteiger partial charge in [-0.15, -0.1) is 0 Å². The molecule has 6 nitrogen and oxygen atoms in total. The van der Waals surface area contributed by atoms with Gasteiger partial charge in [-0.2, -0.15) is 0 Å². The fourth-order valence-electron chi connectivity index (χ4n) is 1.37. The molecule has 0 aliphatic heterocycles. The number of hydrogen-bond donors (Lipinski definition) is 2. The number of nitrogens with zero attached hydrogens (tertiary/aromatic N) is 1. The topological polar surface area (TPSA) is 88.0 Å². The molecule has 0 atom stereocenters. The van der Waals surface area contributed by atoms with Crippen molar-refractivity contribution in [2.75, 3.05) is 5.32 Å². The molecule has 2 aromatic rings. The summed E-state index contributed by atoms with van der Waals surface area (Å²) in [7, 11) is 0. The maximum absolute atomic E-state index is 10.9. The summed E-state index contributed by atoms with van der Waals surface area (Å²) in [5, 5.41) is 15.4. The van der Waals surface area contributed by atoms with Crippen molar-refractivity contribution in [1.82, 2.24) is 4.98 Å². The largest absolute Gasteiger partial charge is 0.374 e. The van der Waals surface area contributed by atoms with Gasteiger partial charge in [0, 0.05) is 17.1 Å². The van der Waals surface area contributed by atoms with E-state index in [-0.39, 0.29) is 10.6 Å². The van der Waals surface area contributed by atoms with Gasteiger partial charge in [0.25, 0.3) is 5.69 Å². The highest BCUT2D eigenvalue weighted by Gasteiger charge is 2.11. The first-order valence-corrected chi connectivity index (χ1v) is 5.69. The average Bonchev–Trinajstić information content (AvgIpc) is 2.73. The highest BCUT2D eigenvalue weighted by Crippen LogP contribution is 2.23. The van der Waals surface area contributed by atoms with Crippen molar-refractivity contribution in [2.45, 2.75) is 6.54 Å². The summed E-state index contributed by atoms with van der Waals surface area (Å²) in [6, 6.07) is 6.38. The van der Waals surface area contributed by atoms with E-state index in [4.69, 9.17) is 0 Å². The third kappa shape index (κ3) is 2.70. The molecule has 0 saturated heterocycles. The Labute approximate surface area is 100 Å². The number of aromatic nitrogens is 1. The lowest BCUT2D eigenvalue weighted by molar-refractivity contribution is -0.384. The van der Waals surface area contributed by atoms with Gasteiger partial charge in [0.2, 0.25) is 0 Å². The molecule has 2 rings (SSSR count). The molecule has 0 spiro atoms. The highest BCUT2D eigenvalue weighted by molar-refractivity contribution is 7.07. The number of nitro benzene ring substituents is 1. The number of para-hydroxylation sites is 2. The second-order valence-electron chi connectivity index (χ2n) is 3.30. The molecule has 0 aliphatic rings. The summed E-state index contributed by atoms with van der Waals surface area (Å²) in [4.78, 5) is 23.7. The Balaban J connectivity index is 2.14. The van der Waals surface area contributed by atoms with Gasteiger partial charge in [-0.1, -0.05) is 23.5 Å². The van der Waals surface area contributed by atoms with E-state index in [9.17, 15) is 14.9 Å². The second kappa shape index (κ2) is 4.79. The zero-order chi connectivity index (χ0) is 12.3. The van der Waals surface area contributed by atoms with Crippen molar-refractivity contribution < 1.29 is 4.92 Å². The van der Waals surface area contributed by atoms with Gasteiger partial charge in [-0.05, 0) is 6.07 Å². The number of H-pyrrole nitrogens is 1. The standard InChI is InChI=1S/C10H9N3O3S/c14-10-12-7(6-17-10)5-11-8-3-1-2-4-9(8)13(15)16/h1-4,6,11H,5H2,(H,12,14). The van der Waals surface area contributed by atoms with Crippen LogP contribution in [0.3, 0.4) is 0 Å². The predicted octanol–water partition coefficient (Wildman–Crippen LogP) is 1.96. The molecular formula is C10H9N3O3S. The minimum Gasteiger partial charge on any atom is -0.374 e. The number of thiazole rings is 1. The third-order valence-electron chi connectivity index (χ3n) is 2.14. The van der Waals surface area contributed by atoms with Crippen molar-refractivity contribution in [3.63, 3.8) is 0 Å². The fraction of sp³-hybridized carbons (Fsp3) is 0.100. The molecule has 0 radical (unpaired) electrons. The van der Waals surface area contributed by atoms with Gasteiger partial charge in [0.1, 0.15) is 5.69 Å². The maximum atomic E-state index is 10.9. The number of anilines is 1. The lowest BCUT2D eigenvalue weighted by atomic mass is 10.2. The molecule has 1 aromatic carbocycles. The van der Waals surface area contributed by atoms with E-state index in [0.717, 1.165) is 11.3 Å². The maximum Gasteiger partial charge on any atom is 0.304 e.